The van der Waals surface area contributed by atoms with Gasteiger partial charge in [0.15, 0.2) is 10.8 Å². The zero-order valence-corrected chi connectivity index (χ0v) is 11.5. The lowest BCUT2D eigenvalue weighted by atomic mass is 10.0. The SMILES string of the molecule is CC(=O)c1cc([N+](=O)[O-])c(N2CCCC2(C)C)s1. The maximum Gasteiger partial charge on any atom is 0.304 e. The Hall–Kier alpha value is -1.43. The van der Waals surface area contributed by atoms with E-state index in [1.807, 2.05) is 0 Å². The molecule has 1 aromatic rings. The summed E-state index contributed by atoms with van der Waals surface area (Å²) < 4.78 is 0. The zero-order valence-electron chi connectivity index (χ0n) is 10.7. The molecule has 6 heteroatoms. The van der Waals surface area contributed by atoms with Crippen LogP contribution in [-0.2, 0) is 0 Å². The van der Waals surface area contributed by atoms with Gasteiger partial charge in [0, 0.05) is 18.2 Å². The molecule has 0 radical (unpaired) electrons. The second kappa shape index (κ2) is 4.35. The summed E-state index contributed by atoms with van der Waals surface area (Å²) in [6.45, 7) is 6.41. The average Bonchev–Trinajstić information content (AvgIpc) is 2.80. The lowest BCUT2D eigenvalue weighted by molar-refractivity contribution is -0.383. The van der Waals surface area contributed by atoms with Gasteiger partial charge in [-0.25, -0.2) is 0 Å². The minimum absolute atomic E-state index is 0.0557. The van der Waals surface area contributed by atoms with Crippen molar-refractivity contribution in [3.63, 3.8) is 0 Å². The topological polar surface area (TPSA) is 63.4 Å². The van der Waals surface area contributed by atoms with Crippen LogP contribution in [0.5, 0.6) is 0 Å². The molecular formula is C12H16N2O3S. The van der Waals surface area contributed by atoms with Crippen molar-refractivity contribution in [3.8, 4) is 0 Å². The molecule has 0 N–H and O–H groups in total. The highest BCUT2D eigenvalue weighted by Gasteiger charge is 2.37. The van der Waals surface area contributed by atoms with Crippen molar-refractivity contribution in [2.45, 2.75) is 39.2 Å². The third kappa shape index (κ3) is 2.12. The summed E-state index contributed by atoms with van der Waals surface area (Å²) >= 11 is 1.23. The van der Waals surface area contributed by atoms with Gasteiger partial charge >= 0.3 is 5.69 Å². The van der Waals surface area contributed by atoms with E-state index in [0.717, 1.165) is 19.4 Å². The quantitative estimate of drug-likeness (QED) is 0.479. The summed E-state index contributed by atoms with van der Waals surface area (Å²) in [5.74, 6) is -0.119. The van der Waals surface area contributed by atoms with Crippen LogP contribution < -0.4 is 4.90 Å². The Morgan fingerprint density at radius 2 is 2.22 bits per heavy atom. The Kier molecular flexibility index (Phi) is 3.14. The van der Waals surface area contributed by atoms with Crippen LogP contribution in [0.15, 0.2) is 6.07 Å². The Morgan fingerprint density at radius 1 is 1.56 bits per heavy atom. The maximum absolute atomic E-state index is 11.4. The van der Waals surface area contributed by atoms with Gasteiger partial charge in [0.2, 0.25) is 0 Å². The summed E-state index contributed by atoms with van der Waals surface area (Å²) in [4.78, 5) is 24.6. The molecule has 1 aromatic heterocycles. The Labute approximate surface area is 110 Å². The molecular weight excluding hydrogens is 252 g/mol. The molecule has 1 fully saturated rings. The molecule has 0 aromatic carbocycles. The molecule has 1 aliphatic rings. The highest BCUT2D eigenvalue weighted by molar-refractivity contribution is 7.18. The first kappa shape index (κ1) is 13.0. The van der Waals surface area contributed by atoms with E-state index in [1.165, 1.54) is 24.3 Å². The fourth-order valence-corrected chi connectivity index (χ4v) is 3.56. The number of anilines is 1. The van der Waals surface area contributed by atoms with E-state index < -0.39 is 4.92 Å². The lowest BCUT2D eigenvalue weighted by Gasteiger charge is -2.31. The number of hydrogen-bond acceptors (Lipinski definition) is 5. The molecule has 2 rings (SSSR count). The molecule has 0 aliphatic carbocycles. The highest BCUT2D eigenvalue weighted by Crippen LogP contribution is 2.44. The van der Waals surface area contributed by atoms with Crippen molar-refractivity contribution in [1.29, 1.82) is 0 Å². The van der Waals surface area contributed by atoms with Gasteiger partial charge in [-0.2, -0.15) is 0 Å². The molecule has 98 valence electrons. The van der Waals surface area contributed by atoms with Crippen LogP contribution in [0.1, 0.15) is 43.3 Å². The number of carbonyl (C=O) groups excluding carboxylic acids is 1. The van der Waals surface area contributed by atoms with Crippen molar-refractivity contribution in [3.05, 3.63) is 21.1 Å². The van der Waals surface area contributed by atoms with Gasteiger partial charge in [-0.3, -0.25) is 14.9 Å². The average molecular weight is 268 g/mol. The van der Waals surface area contributed by atoms with Gasteiger partial charge in [-0.15, -0.1) is 11.3 Å². The van der Waals surface area contributed by atoms with E-state index in [4.69, 9.17) is 0 Å². The van der Waals surface area contributed by atoms with Crippen LogP contribution in [0.2, 0.25) is 0 Å². The minimum Gasteiger partial charge on any atom is -0.353 e. The molecule has 18 heavy (non-hydrogen) atoms. The number of ketones is 1. The van der Waals surface area contributed by atoms with Crippen molar-refractivity contribution in [1.82, 2.24) is 0 Å². The van der Waals surface area contributed by atoms with Crippen LogP contribution >= 0.6 is 11.3 Å². The Bertz CT molecular complexity index is 507. The van der Waals surface area contributed by atoms with Crippen LogP contribution in [0.4, 0.5) is 10.7 Å². The normalized spacial score (nSPS) is 18.1. The lowest BCUT2D eigenvalue weighted by Crippen LogP contribution is -2.37. The van der Waals surface area contributed by atoms with Gasteiger partial charge in [0.1, 0.15) is 0 Å². The van der Waals surface area contributed by atoms with Gasteiger partial charge in [-0.05, 0) is 33.6 Å². The molecule has 1 saturated heterocycles. The molecule has 0 atom stereocenters. The van der Waals surface area contributed by atoms with E-state index in [0.29, 0.717) is 9.88 Å². The standard InChI is InChI=1S/C12H16N2O3S/c1-8(15)10-7-9(14(16)17)11(18-10)13-6-4-5-12(13,2)3/h7H,4-6H2,1-3H3. The summed E-state index contributed by atoms with van der Waals surface area (Å²) in [7, 11) is 0. The predicted molar refractivity (Wildman–Crippen MR) is 71.6 cm³/mol. The number of carbonyl (C=O) groups is 1. The van der Waals surface area contributed by atoms with Crippen LogP contribution in [-0.4, -0.2) is 22.8 Å². The van der Waals surface area contributed by atoms with Crippen molar-refractivity contribution < 1.29 is 9.72 Å². The maximum atomic E-state index is 11.4. The number of hydrogen-bond donors (Lipinski definition) is 0. The Balaban J connectivity index is 2.49. The second-order valence-corrected chi connectivity index (χ2v) is 6.21. The number of nitro groups is 1. The largest absolute Gasteiger partial charge is 0.353 e. The van der Waals surface area contributed by atoms with E-state index >= 15 is 0 Å². The van der Waals surface area contributed by atoms with E-state index in [2.05, 4.69) is 18.7 Å². The molecule has 0 bridgehead atoms. The molecule has 0 spiro atoms. The van der Waals surface area contributed by atoms with Crippen LogP contribution in [0.25, 0.3) is 0 Å². The summed E-state index contributed by atoms with van der Waals surface area (Å²) in [5, 5.41) is 11.7. The predicted octanol–water partition coefficient (Wildman–Crippen LogP) is 3.24. The van der Waals surface area contributed by atoms with Gasteiger partial charge in [0.05, 0.1) is 9.80 Å². The first-order valence-corrected chi connectivity index (χ1v) is 6.71. The smallest absolute Gasteiger partial charge is 0.304 e. The summed E-state index contributed by atoms with van der Waals surface area (Å²) in [5.41, 5.74) is -0.0240. The molecule has 0 saturated carbocycles. The third-order valence-corrected chi connectivity index (χ3v) is 4.63. The van der Waals surface area contributed by atoms with Crippen molar-refractivity contribution in [2.75, 3.05) is 11.4 Å². The van der Waals surface area contributed by atoms with Gasteiger partial charge in [0.25, 0.3) is 0 Å². The number of Topliss-reactive ketones (excluding diaryl/α,β-unsaturated/α-hetero) is 1. The Morgan fingerprint density at radius 3 is 2.67 bits per heavy atom. The molecule has 0 unspecified atom stereocenters. The van der Waals surface area contributed by atoms with E-state index in [9.17, 15) is 14.9 Å². The van der Waals surface area contributed by atoms with Gasteiger partial charge < -0.3 is 4.90 Å². The fraction of sp³-hybridized carbons (Fsp3) is 0.583. The van der Waals surface area contributed by atoms with Crippen molar-refractivity contribution in [2.24, 2.45) is 0 Å². The molecule has 0 amide bonds. The van der Waals surface area contributed by atoms with E-state index in [1.54, 1.807) is 0 Å². The highest BCUT2D eigenvalue weighted by atomic mass is 32.1. The van der Waals surface area contributed by atoms with Gasteiger partial charge in [-0.1, -0.05) is 0 Å². The summed E-state index contributed by atoms with van der Waals surface area (Å²) in [6.07, 6.45) is 2.04. The fourth-order valence-electron chi connectivity index (χ4n) is 2.35. The first-order chi connectivity index (χ1) is 8.33. The minimum atomic E-state index is -0.396. The number of rotatable bonds is 3. The van der Waals surface area contributed by atoms with E-state index in [-0.39, 0.29) is 17.0 Å². The third-order valence-electron chi connectivity index (χ3n) is 3.38. The second-order valence-electron chi connectivity index (χ2n) is 5.18. The molecule has 2 heterocycles. The zero-order chi connectivity index (χ0) is 13.5. The number of thiophene rings is 1. The summed E-state index contributed by atoms with van der Waals surface area (Å²) in [6, 6.07) is 1.40. The van der Waals surface area contributed by atoms with Crippen LogP contribution in [0.3, 0.4) is 0 Å². The number of nitrogens with zero attached hydrogens (tertiary/aromatic N) is 2. The first-order valence-electron chi connectivity index (χ1n) is 5.90. The monoisotopic (exact) mass is 268 g/mol. The molecule has 1 aliphatic heterocycles. The van der Waals surface area contributed by atoms with Crippen LogP contribution in [0, 0.1) is 10.1 Å². The molecule has 5 nitrogen and oxygen atoms in total. The van der Waals surface area contributed by atoms with Crippen molar-refractivity contribution >= 4 is 27.8 Å².